The average molecular weight is 623 g/mol. The van der Waals surface area contributed by atoms with E-state index in [1.54, 1.807) is 13.2 Å². The van der Waals surface area contributed by atoms with Gasteiger partial charge in [0.15, 0.2) is 23.2 Å². The molecular weight excluding hydrogens is 564 g/mol. The van der Waals surface area contributed by atoms with Gasteiger partial charge in [0, 0.05) is 32.2 Å². The lowest BCUT2D eigenvalue weighted by atomic mass is 9.56. The van der Waals surface area contributed by atoms with E-state index in [-0.39, 0.29) is 47.3 Å². The van der Waals surface area contributed by atoms with Crippen LogP contribution in [0.15, 0.2) is 40.9 Å². The van der Waals surface area contributed by atoms with Crippen LogP contribution in [0.5, 0.6) is 11.5 Å². The highest BCUT2D eigenvalue weighted by Gasteiger charge is 2.46. The summed E-state index contributed by atoms with van der Waals surface area (Å²) in [6.45, 7) is 6.49. The first-order chi connectivity index (χ1) is 21.7. The Kier molecular flexibility index (Phi) is 13.4. The molecule has 2 fully saturated rings. The van der Waals surface area contributed by atoms with Crippen LogP contribution in [-0.2, 0) is 16.0 Å². The highest BCUT2D eigenvalue weighted by molar-refractivity contribution is 5.89. The second kappa shape index (κ2) is 17.2. The number of phenols is 1. The van der Waals surface area contributed by atoms with Crippen LogP contribution in [0.4, 0.5) is 0 Å². The van der Waals surface area contributed by atoms with Crippen molar-refractivity contribution < 1.29 is 19.4 Å². The van der Waals surface area contributed by atoms with E-state index in [1.807, 2.05) is 19.2 Å². The van der Waals surface area contributed by atoms with E-state index in [9.17, 15) is 9.90 Å². The van der Waals surface area contributed by atoms with Gasteiger partial charge in [0.25, 0.3) is 0 Å². The summed E-state index contributed by atoms with van der Waals surface area (Å²) in [5.41, 5.74) is 14.9. The van der Waals surface area contributed by atoms with Gasteiger partial charge in [-0.15, -0.1) is 0 Å². The molecule has 3 aliphatic rings. The van der Waals surface area contributed by atoms with Gasteiger partial charge in [0.2, 0.25) is 0 Å². The topological polar surface area (TPSA) is 132 Å². The number of ketones is 1. The number of nitrogens with zero attached hydrogens (tertiary/aromatic N) is 1. The number of unbranched alkanes of at least 4 members (excludes halogenated alkanes) is 1. The molecule has 1 aromatic rings. The molecule has 4 rings (SSSR count). The fourth-order valence-electron chi connectivity index (χ4n) is 8.19. The molecule has 3 aliphatic carbocycles. The van der Waals surface area contributed by atoms with E-state index < -0.39 is 0 Å². The molecule has 8 heteroatoms. The number of nitrogens with one attached hydrogen (secondary N) is 1. The maximum Gasteiger partial charge on any atom is 0.185 e. The summed E-state index contributed by atoms with van der Waals surface area (Å²) >= 11 is 0. The Morgan fingerprint density at radius 3 is 2.67 bits per heavy atom. The number of carbonyl (C=O) groups is 1. The number of hydrogen-bond acceptors (Lipinski definition) is 6. The van der Waals surface area contributed by atoms with Gasteiger partial charge in [0.05, 0.1) is 12.7 Å². The van der Waals surface area contributed by atoms with Crippen molar-refractivity contribution in [3.63, 3.8) is 0 Å². The van der Waals surface area contributed by atoms with E-state index in [4.69, 9.17) is 20.9 Å². The quantitative estimate of drug-likeness (QED) is 0.0767. The fraction of sp³-hybridized carbons (Fsp3) is 0.676. The van der Waals surface area contributed by atoms with Gasteiger partial charge < -0.3 is 31.4 Å². The molecule has 0 unspecified atom stereocenters. The highest BCUT2D eigenvalue weighted by atomic mass is 16.5. The van der Waals surface area contributed by atoms with Crippen LogP contribution >= 0.6 is 0 Å². The Morgan fingerprint density at radius 2 is 1.98 bits per heavy atom. The number of guanidine groups is 1. The summed E-state index contributed by atoms with van der Waals surface area (Å²) < 4.78 is 12.5. The number of allylic oxidation sites excluding steroid dienone is 3. The van der Waals surface area contributed by atoms with E-state index in [0.29, 0.717) is 43.6 Å². The molecular formula is C37H58N4O4. The van der Waals surface area contributed by atoms with Crippen LogP contribution in [0, 0.1) is 29.6 Å². The van der Waals surface area contributed by atoms with Crippen LogP contribution < -0.4 is 21.5 Å². The molecule has 0 heterocycles. The standard InChI is InChI=1S/C37H58N4O4/c1-5-6-7-10-28(42)14-13-25-19-32(36(43)34(20-25)45-29-11-8-9-12-29)35-31-18-24(2)17-27(22-40-3)30(31)21-26(33(35)23-44-4)15-16-41-37(38)39/h7,10,19-21,24,26-27,29,31,33,35,40,43H,5-6,8-9,11-18,22-23H2,1-4H3,(H4,38,39,41)/b10-7+/t24-,26-,27+,31+,33-,35+/m0/s1. The van der Waals surface area contributed by atoms with Crippen molar-refractivity contribution in [2.75, 3.05) is 33.9 Å². The number of hydrogen-bond donors (Lipinski definition) is 4. The Morgan fingerprint density at radius 1 is 1.20 bits per heavy atom. The first kappa shape index (κ1) is 35.0. The lowest BCUT2D eigenvalue weighted by Crippen LogP contribution is -2.42. The van der Waals surface area contributed by atoms with Gasteiger partial charge in [-0.2, -0.15) is 0 Å². The summed E-state index contributed by atoms with van der Waals surface area (Å²) in [6, 6.07) is 4.14. The van der Waals surface area contributed by atoms with Crippen molar-refractivity contribution in [1.29, 1.82) is 0 Å². The summed E-state index contributed by atoms with van der Waals surface area (Å²) in [5, 5.41) is 15.5. The van der Waals surface area contributed by atoms with Gasteiger partial charge in [-0.05, 0) is 118 Å². The predicted molar refractivity (Wildman–Crippen MR) is 183 cm³/mol. The van der Waals surface area contributed by atoms with Crippen LogP contribution in [-0.4, -0.2) is 56.8 Å². The van der Waals surface area contributed by atoms with Crippen molar-refractivity contribution >= 4 is 11.7 Å². The number of carbonyl (C=O) groups excluding carboxylic acids is 1. The molecule has 0 spiro atoms. The zero-order valence-corrected chi connectivity index (χ0v) is 28.1. The third-order valence-corrected chi connectivity index (χ3v) is 10.2. The Balaban J connectivity index is 1.79. The van der Waals surface area contributed by atoms with Crippen molar-refractivity contribution in [2.45, 2.75) is 96.5 Å². The molecule has 0 aliphatic heterocycles. The SMILES string of the molecule is CCC/C=C/C(=O)CCc1cc(OC2CCCC2)c(O)c([C@@H]2[C@@H](COC)[C@@H](CCN=C(N)N)C=C3[C@@H](CNC)C[C@H](C)C[C@H]32)c1. The summed E-state index contributed by atoms with van der Waals surface area (Å²) in [5.74, 6) is 2.63. The van der Waals surface area contributed by atoms with Crippen molar-refractivity contribution in [3.05, 3.63) is 47.1 Å². The number of aromatic hydroxyl groups is 1. The maximum absolute atomic E-state index is 12.7. The van der Waals surface area contributed by atoms with Crippen LogP contribution in [0.25, 0.3) is 0 Å². The van der Waals surface area contributed by atoms with E-state index >= 15 is 0 Å². The molecule has 6 atom stereocenters. The Bertz CT molecular complexity index is 1200. The monoisotopic (exact) mass is 622 g/mol. The number of benzene rings is 1. The third-order valence-electron chi connectivity index (χ3n) is 10.2. The molecule has 0 radical (unpaired) electrons. The van der Waals surface area contributed by atoms with Crippen molar-refractivity contribution in [2.24, 2.45) is 46.0 Å². The largest absolute Gasteiger partial charge is 0.504 e. The number of phenolic OH excluding ortho intramolecular Hbond substituents is 1. The van der Waals surface area contributed by atoms with Gasteiger partial charge in [-0.3, -0.25) is 9.79 Å². The second-order valence-electron chi connectivity index (χ2n) is 13.7. The molecule has 2 saturated carbocycles. The maximum atomic E-state index is 12.7. The normalized spacial score (nSPS) is 26.9. The predicted octanol–water partition coefficient (Wildman–Crippen LogP) is 6.02. The highest BCUT2D eigenvalue weighted by Crippen LogP contribution is 2.56. The molecule has 250 valence electrons. The summed E-state index contributed by atoms with van der Waals surface area (Å²) in [6.07, 6.45) is 16.5. The number of methoxy groups -OCH3 is 1. The van der Waals surface area contributed by atoms with Crippen LogP contribution in [0.1, 0.15) is 95.1 Å². The molecule has 1 aromatic carbocycles. The van der Waals surface area contributed by atoms with Gasteiger partial charge in [0.1, 0.15) is 0 Å². The Hall–Kier alpha value is -2.84. The zero-order chi connectivity index (χ0) is 32.3. The third kappa shape index (κ3) is 9.35. The number of rotatable bonds is 16. The van der Waals surface area contributed by atoms with E-state index in [2.05, 4.69) is 36.3 Å². The number of ether oxygens (including phenoxy) is 2. The van der Waals surface area contributed by atoms with Crippen LogP contribution in [0.2, 0.25) is 0 Å². The number of fused-ring (bicyclic) bond motifs is 1. The first-order valence-electron chi connectivity index (χ1n) is 17.4. The number of aliphatic imine (C=N–C) groups is 1. The van der Waals surface area contributed by atoms with E-state index in [0.717, 1.165) is 75.5 Å². The minimum atomic E-state index is 0.0299. The molecule has 45 heavy (non-hydrogen) atoms. The molecule has 0 aromatic heterocycles. The average Bonchev–Trinajstić information content (AvgIpc) is 3.51. The van der Waals surface area contributed by atoms with E-state index in [1.165, 1.54) is 5.57 Å². The first-order valence-corrected chi connectivity index (χ1v) is 17.4. The molecule has 0 bridgehead atoms. The molecule has 0 amide bonds. The minimum absolute atomic E-state index is 0.0299. The number of nitrogens with two attached hydrogens (primary N) is 2. The lowest BCUT2D eigenvalue weighted by molar-refractivity contribution is -0.114. The van der Waals surface area contributed by atoms with Crippen molar-refractivity contribution in [3.8, 4) is 11.5 Å². The minimum Gasteiger partial charge on any atom is -0.504 e. The van der Waals surface area contributed by atoms with Crippen molar-refractivity contribution in [1.82, 2.24) is 5.32 Å². The molecule has 6 N–H and O–H groups in total. The van der Waals surface area contributed by atoms with Gasteiger partial charge in [-0.1, -0.05) is 44.1 Å². The summed E-state index contributed by atoms with van der Waals surface area (Å²) in [4.78, 5) is 17.1. The number of aryl methyl sites for hydroxylation is 1. The second-order valence-corrected chi connectivity index (χ2v) is 13.7. The summed E-state index contributed by atoms with van der Waals surface area (Å²) in [7, 11) is 3.79. The Labute approximate surface area is 271 Å². The molecule has 0 saturated heterocycles. The lowest BCUT2D eigenvalue weighted by Gasteiger charge is -2.49. The smallest absolute Gasteiger partial charge is 0.185 e. The molecule has 8 nitrogen and oxygen atoms in total. The van der Waals surface area contributed by atoms with Crippen LogP contribution in [0.3, 0.4) is 0 Å². The van der Waals surface area contributed by atoms with Gasteiger partial charge in [-0.25, -0.2) is 0 Å². The fourth-order valence-corrected chi connectivity index (χ4v) is 8.19. The zero-order valence-electron chi connectivity index (χ0n) is 28.1. The van der Waals surface area contributed by atoms with Gasteiger partial charge >= 0.3 is 0 Å².